The van der Waals surface area contributed by atoms with Crippen molar-refractivity contribution in [2.75, 3.05) is 40.4 Å². The molecule has 50 heavy (non-hydrogen) atoms. The zero-order valence-electron chi connectivity index (χ0n) is 28.1. The van der Waals surface area contributed by atoms with Crippen LogP contribution in [0.5, 0.6) is 11.5 Å². The van der Waals surface area contributed by atoms with Gasteiger partial charge in [0.05, 0.1) is 43.6 Å². The number of likely N-dealkylation sites (tertiary alicyclic amines) is 2. The molecule has 0 saturated carbocycles. The summed E-state index contributed by atoms with van der Waals surface area (Å²) in [6.07, 6.45) is 3.14. The summed E-state index contributed by atoms with van der Waals surface area (Å²) >= 11 is 14.1. The van der Waals surface area contributed by atoms with Gasteiger partial charge in [-0.2, -0.15) is 5.10 Å². The topological polar surface area (TPSA) is 89.3 Å². The van der Waals surface area contributed by atoms with E-state index >= 15 is 0 Å². The van der Waals surface area contributed by atoms with Crippen molar-refractivity contribution >= 4 is 40.6 Å². The third-order valence-corrected chi connectivity index (χ3v) is 10.6. The molecule has 2 fully saturated rings. The third kappa shape index (κ3) is 7.06. The summed E-state index contributed by atoms with van der Waals surface area (Å²) in [5.41, 5.74) is 7.68. The lowest BCUT2D eigenvalue weighted by Gasteiger charge is -2.19. The number of carbonyl (C=O) groups excluding carboxylic acids is 1. The number of aliphatic hydroxyl groups is 1. The first-order valence-corrected chi connectivity index (χ1v) is 17.6. The van der Waals surface area contributed by atoms with E-state index in [0.29, 0.717) is 42.7 Å². The lowest BCUT2D eigenvalue weighted by Crippen LogP contribution is -2.23. The molecule has 11 heteroatoms. The molecular weight excluding hydrogens is 675 g/mol. The Morgan fingerprint density at radius 3 is 2.32 bits per heavy atom. The van der Waals surface area contributed by atoms with Crippen LogP contribution in [0, 0.1) is 0 Å². The molecular formula is C39H40Cl2N4O5. The van der Waals surface area contributed by atoms with E-state index < -0.39 is 0 Å². The van der Waals surface area contributed by atoms with Crippen LogP contribution in [0.1, 0.15) is 29.5 Å². The minimum absolute atomic E-state index is 0.0830. The van der Waals surface area contributed by atoms with Crippen molar-refractivity contribution < 1.29 is 24.1 Å². The Kier molecular flexibility index (Phi) is 10.3. The second-order valence-electron chi connectivity index (χ2n) is 13.0. The molecule has 1 aromatic heterocycles. The molecule has 0 aliphatic carbocycles. The maximum absolute atomic E-state index is 10.8. The van der Waals surface area contributed by atoms with Crippen molar-refractivity contribution in [1.29, 1.82) is 0 Å². The van der Waals surface area contributed by atoms with Crippen molar-refractivity contribution in [3.05, 3.63) is 99.7 Å². The van der Waals surface area contributed by atoms with E-state index in [0.717, 1.165) is 93.8 Å². The summed E-state index contributed by atoms with van der Waals surface area (Å²) in [5, 5.41) is 17.0. The fraction of sp³-hybridized carbons (Fsp3) is 0.333. The highest BCUT2D eigenvalue weighted by Crippen LogP contribution is 2.41. The Labute approximate surface area is 301 Å². The van der Waals surface area contributed by atoms with Crippen molar-refractivity contribution in [1.82, 2.24) is 19.6 Å². The fourth-order valence-corrected chi connectivity index (χ4v) is 7.85. The van der Waals surface area contributed by atoms with Gasteiger partial charge in [-0.25, -0.2) is 0 Å². The van der Waals surface area contributed by atoms with E-state index in [1.807, 2.05) is 53.3 Å². The quantitative estimate of drug-likeness (QED) is 0.138. The molecule has 260 valence electrons. The predicted molar refractivity (Wildman–Crippen MR) is 196 cm³/mol. The van der Waals surface area contributed by atoms with E-state index in [-0.39, 0.29) is 12.2 Å². The van der Waals surface area contributed by atoms with Gasteiger partial charge in [0.15, 0.2) is 0 Å². The van der Waals surface area contributed by atoms with Crippen LogP contribution in [0.25, 0.3) is 33.2 Å². The van der Waals surface area contributed by atoms with Gasteiger partial charge >= 0.3 is 0 Å². The molecule has 0 spiro atoms. The van der Waals surface area contributed by atoms with Crippen LogP contribution in [-0.4, -0.2) is 83.8 Å². The molecule has 0 amide bonds. The molecule has 7 rings (SSSR count). The number of fused-ring (bicyclic) bond motifs is 1. The highest BCUT2D eigenvalue weighted by atomic mass is 35.5. The summed E-state index contributed by atoms with van der Waals surface area (Å²) < 4.78 is 18.7. The molecule has 2 atom stereocenters. The molecule has 4 aromatic carbocycles. The first-order chi connectivity index (χ1) is 24.3. The maximum atomic E-state index is 10.8. The van der Waals surface area contributed by atoms with Crippen molar-refractivity contribution in [2.45, 2.75) is 44.7 Å². The number of aromatic nitrogens is 2. The van der Waals surface area contributed by atoms with E-state index in [4.69, 9.17) is 42.5 Å². The molecule has 0 radical (unpaired) electrons. The van der Waals surface area contributed by atoms with Crippen molar-refractivity contribution in [2.24, 2.45) is 0 Å². The van der Waals surface area contributed by atoms with Crippen LogP contribution in [0.2, 0.25) is 10.0 Å². The van der Waals surface area contributed by atoms with Gasteiger partial charge in [0, 0.05) is 71.9 Å². The molecule has 0 bridgehead atoms. The minimum atomic E-state index is -0.266. The highest BCUT2D eigenvalue weighted by molar-refractivity contribution is 6.36. The van der Waals surface area contributed by atoms with Gasteiger partial charge in [-0.15, -0.1) is 0 Å². The Morgan fingerprint density at radius 1 is 0.820 bits per heavy atom. The number of halogens is 2. The molecule has 2 aliphatic rings. The van der Waals surface area contributed by atoms with Gasteiger partial charge in [0.25, 0.3) is 6.47 Å². The van der Waals surface area contributed by atoms with E-state index in [9.17, 15) is 9.90 Å². The zero-order valence-corrected chi connectivity index (χ0v) is 29.7. The van der Waals surface area contributed by atoms with E-state index in [1.165, 1.54) is 0 Å². The summed E-state index contributed by atoms with van der Waals surface area (Å²) in [6, 6.07) is 22.4. The van der Waals surface area contributed by atoms with Crippen molar-refractivity contribution in [3.63, 3.8) is 0 Å². The first kappa shape index (κ1) is 34.3. The summed E-state index contributed by atoms with van der Waals surface area (Å²) in [4.78, 5) is 15.2. The second kappa shape index (κ2) is 15.0. The highest BCUT2D eigenvalue weighted by Gasteiger charge is 2.25. The van der Waals surface area contributed by atoms with E-state index in [2.05, 4.69) is 34.1 Å². The molecule has 9 nitrogen and oxygen atoms in total. The molecule has 0 unspecified atom stereocenters. The number of ether oxygens (including phenoxy) is 3. The summed E-state index contributed by atoms with van der Waals surface area (Å²) in [5.74, 6) is 1.55. The average molecular weight is 716 g/mol. The van der Waals surface area contributed by atoms with Gasteiger partial charge in [0.2, 0.25) is 0 Å². The number of benzene rings is 4. The van der Waals surface area contributed by atoms with Crippen molar-refractivity contribution in [3.8, 4) is 33.8 Å². The average Bonchev–Trinajstić information content (AvgIpc) is 3.86. The Balaban J connectivity index is 1.14. The Hall–Kier alpha value is -4.12. The first-order valence-electron chi connectivity index (χ1n) is 16.8. The number of rotatable bonds is 12. The monoisotopic (exact) mass is 714 g/mol. The van der Waals surface area contributed by atoms with Gasteiger partial charge in [0.1, 0.15) is 17.6 Å². The maximum Gasteiger partial charge on any atom is 0.293 e. The van der Waals surface area contributed by atoms with Crippen LogP contribution >= 0.6 is 23.2 Å². The Bertz CT molecular complexity index is 2020. The molecule has 2 saturated heterocycles. The van der Waals surface area contributed by atoms with Gasteiger partial charge < -0.3 is 19.3 Å². The van der Waals surface area contributed by atoms with Gasteiger partial charge in [-0.05, 0) is 53.8 Å². The lowest BCUT2D eigenvalue weighted by atomic mass is 9.96. The number of hydrogen-bond donors (Lipinski definition) is 1. The molecule has 3 heterocycles. The number of aliphatic hydroxyl groups excluding tert-OH is 1. The largest absolute Gasteiger partial charge is 0.496 e. The van der Waals surface area contributed by atoms with Crippen LogP contribution in [-0.2, 0) is 29.2 Å². The summed E-state index contributed by atoms with van der Waals surface area (Å²) in [6.45, 7) is 5.42. The van der Waals surface area contributed by atoms with Crippen LogP contribution < -0.4 is 9.47 Å². The van der Waals surface area contributed by atoms with Gasteiger partial charge in [-0.3, -0.25) is 19.3 Å². The third-order valence-electron chi connectivity index (χ3n) is 9.86. The van der Waals surface area contributed by atoms with Gasteiger partial charge in [-0.1, -0.05) is 65.7 Å². The fourth-order valence-electron chi connectivity index (χ4n) is 7.27. The van der Waals surface area contributed by atoms with E-state index in [1.54, 1.807) is 14.2 Å². The van der Waals surface area contributed by atoms with Crippen LogP contribution in [0.4, 0.5) is 0 Å². The zero-order chi connectivity index (χ0) is 34.8. The number of hydrogen-bond acceptors (Lipinski definition) is 8. The Morgan fingerprint density at radius 2 is 1.54 bits per heavy atom. The molecule has 1 N–H and O–H groups in total. The van der Waals surface area contributed by atoms with Crippen LogP contribution in [0.3, 0.4) is 0 Å². The number of nitrogens with zero attached hydrogens (tertiary/aromatic N) is 4. The number of carbonyl (C=O) groups is 1. The van der Waals surface area contributed by atoms with Crippen LogP contribution in [0.15, 0.2) is 72.9 Å². The predicted octanol–water partition coefficient (Wildman–Crippen LogP) is 7.06. The normalized spacial score (nSPS) is 18.2. The smallest absolute Gasteiger partial charge is 0.293 e. The lowest BCUT2D eigenvalue weighted by molar-refractivity contribution is -0.132. The number of methoxy groups -OCH3 is 2. The number of β-amino-alcohol motifs (C(OH)–C–C–N with tert-alkyl or cyclic N) is 1. The SMILES string of the molecule is COc1cc(-c2cccc(-c3cccc4c3cnn4Cc3cc(OC)c(CN4CC[C@@H](OC=O)C4)cc3Cl)c2Cl)ccc1CN1CC[C@@H](O)C1. The standard InChI is InChI=1S/C39H40Cl2N4O5/c1-48-37-16-25(9-10-26(37)19-43-13-11-29(47)22-43)31-5-3-7-33(39(31)41)32-6-4-8-36-34(32)18-42-45(36)21-27-17-38(49-2)28(15-35(27)40)20-44-14-12-30(23-44)50-24-46/h3-10,15-18,24,29-30,47H,11-14,19-23H2,1-2H3/t29-,30-/m1/s1. The summed E-state index contributed by atoms with van der Waals surface area (Å²) in [7, 11) is 3.35. The second-order valence-corrected chi connectivity index (χ2v) is 13.8. The molecule has 5 aromatic rings. The minimum Gasteiger partial charge on any atom is -0.496 e. The molecule has 2 aliphatic heterocycles.